The highest BCUT2D eigenvalue weighted by atomic mass is 32.2. The summed E-state index contributed by atoms with van der Waals surface area (Å²) < 4.78 is 5.65. The standard InChI is InChI=1S/C24H27N7O3S3/c1-5-31(6-2)20(32)15-34-16-7-9-17(10-8-16)36-18-11-12-19(37-23(25-3)30-26-4)28-21(18)22(33)29-24-27-13-14-35-24/h7-14H,4-6,15H2,1-3H3,(H,25,30)(H,27,29,33). The number of ether oxygens (including phenoxy) is 1. The minimum Gasteiger partial charge on any atom is -0.484 e. The first-order valence-electron chi connectivity index (χ1n) is 11.2. The van der Waals surface area contributed by atoms with Gasteiger partial charge in [-0.3, -0.25) is 25.3 Å². The molecule has 3 aromatic rings. The van der Waals surface area contributed by atoms with Crippen molar-refractivity contribution in [2.24, 2.45) is 10.1 Å². The van der Waals surface area contributed by atoms with Crippen LogP contribution in [-0.2, 0) is 4.79 Å². The molecule has 0 fully saturated rings. The number of thioether (sulfide) groups is 1. The molecule has 0 atom stereocenters. The van der Waals surface area contributed by atoms with Crippen molar-refractivity contribution in [3.05, 3.63) is 53.7 Å². The van der Waals surface area contributed by atoms with E-state index < -0.39 is 0 Å². The Balaban J connectivity index is 1.77. The van der Waals surface area contributed by atoms with Gasteiger partial charge in [0.05, 0.1) is 0 Å². The van der Waals surface area contributed by atoms with Gasteiger partial charge in [0, 0.05) is 48.2 Å². The number of carbonyl (C=O) groups is 2. The first-order valence-corrected chi connectivity index (χ1v) is 13.7. The molecule has 194 valence electrons. The molecule has 2 amide bonds. The van der Waals surface area contributed by atoms with E-state index in [2.05, 4.69) is 37.5 Å². The summed E-state index contributed by atoms with van der Waals surface area (Å²) in [5.41, 5.74) is 2.94. The molecule has 0 unspecified atom stereocenters. The number of rotatable bonds is 11. The molecule has 0 aliphatic rings. The number of hydrazone groups is 1. The van der Waals surface area contributed by atoms with Crippen LogP contribution in [0.3, 0.4) is 0 Å². The number of benzene rings is 1. The lowest BCUT2D eigenvalue weighted by Crippen LogP contribution is -2.34. The number of aromatic nitrogens is 2. The van der Waals surface area contributed by atoms with Gasteiger partial charge in [-0.05, 0) is 62.0 Å². The fourth-order valence-corrected chi connectivity index (χ4v) is 5.09. The summed E-state index contributed by atoms with van der Waals surface area (Å²) in [7, 11) is 1.62. The van der Waals surface area contributed by atoms with Crippen LogP contribution in [0.2, 0.25) is 0 Å². The molecule has 37 heavy (non-hydrogen) atoms. The van der Waals surface area contributed by atoms with Crippen LogP contribution in [0.5, 0.6) is 5.75 Å². The number of pyridine rings is 1. The highest BCUT2D eigenvalue weighted by Gasteiger charge is 2.18. The van der Waals surface area contributed by atoms with Crippen LogP contribution >= 0.6 is 34.9 Å². The molecule has 0 bridgehead atoms. The number of likely N-dealkylation sites (N-methyl/N-ethyl adjacent to an activating group) is 1. The van der Waals surface area contributed by atoms with E-state index in [0.717, 1.165) is 4.90 Å². The van der Waals surface area contributed by atoms with E-state index in [-0.39, 0.29) is 24.1 Å². The normalized spacial score (nSPS) is 11.1. The van der Waals surface area contributed by atoms with Gasteiger partial charge < -0.3 is 9.64 Å². The predicted octanol–water partition coefficient (Wildman–Crippen LogP) is 4.47. The third-order valence-electron chi connectivity index (χ3n) is 4.81. The van der Waals surface area contributed by atoms with Crippen molar-refractivity contribution in [1.29, 1.82) is 0 Å². The third-order valence-corrected chi connectivity index (χ3v) is 7.46. The molecule has 2 N–H and O–H groups in total. The van der Waals surface area contributed by atoms with Crippen LogP contribution in [-0.4, -0.2) is 65.3 Å². The second-order valence-corrected chi connectivity index (χ2v) is 10.1. The fraction of sp³-hybridized carbons (Fsp3) is 0.250. The third kappa shape index (κ3) is 8.30. The van der Waals surface area contributed by atoms with Gasteiger partial charge in [0.1, 0.15) is 16.5 Å². The van der Waals surface area contributed by atoms with Crippen LogP contribution in [0.4, 0.5) is 5.13 Å². The molecule has 10 nitrogen and oxygen atoms in total. The monoisotopic (exact) mass is 557 g/mol. The average molecular weight is 558 g/mol. The Labute approximate surface area is 228 Å². The molecular weight excluding hydrogens is 531 g/mol. The van der Waals surface area contributed by atoms with E-state index in [4.69, 9.17) is 4.74 Å². The van der Waals surface area contributed by atoms with E-state index in [0.29, 0.717) is 39.1 Å². The van der Waals surface area contributed by atoms with E-state index >= 15 is 0 Å². The zero-order valence-electron chi connectivity index (χ0n) is 20.6. The number of hydrogen-bond acceptors (Lipinski definition) is 10. The van der Waals surface area contributed by atoms with Crippen LogP contribution in [0.25, 0.3) is 0 Å². The largest absolute Gasteiger partial charge is 0.484 e. The van der Waals surface area contributed by atoms with Crippen LogP contribution in [0.1, 0.15) is 24.3 Å². The maximum absolute atomic E-state index is 13.1. The first-order chi connectivity index (χ1) is 18.0. The zero-order valence-corrected chi connectivity index (χ0v) is 23.1. The molecule has 0 aliphatic heterocycles. The van der Waals surface area contributed by atoms with Crippen LogP contribution in [0.15, 0.2) is 72.9 Å². The van der Waals surface area contributed by atoms with Crippen molar-refractivity contribution in [1.82, 2.24) is 20.3 Å². The Bertz CT molecular complexity index is 1230. The molecule has 0 radical (unpaired) electrons. The number of carbonyl (C=O) groups excluding carboxylic acids is 2. The van der Waals surface area contributed by atoms with Gasteiger partial charge in [0.2, 0.25) is 0 Å². The molecule has 3 rings (SSSR count). The number of amidine groups is 1. The molecule has 0 saturated carbocycles. The molecule has 2 heterocycles. The summed E-state index contributed by atoms with van der Waals surface area (Å²) in [6.45, 7) is 8.55. The SMILES string of the molecule is C=NNC(=NC)Sc1ccc(Sc2ccc(OCC(=O)N(CC)CC)cc2)c(C(=O)Nc2nccs2)n1. The van der Waals surface area contributed by atoms with Gasteiger partial charge in [0.15, 0.2) is 16.9 Å². The van der Waals surface area contributed by atoms with E-state index in [1.807, 2.05) is 32.0 Å². The lowest BCUT2D eigenvalue weighted by molar-refractivity contribution is -0.132. The maximum atomic E-state index is 13.1. The summed E-state index contributed by atoms with van der Waals surface area (Å²) >= 11 is 3.94. The number of nitrogens with zero attached hydrogens (tertiary/aromatic N) is 5. The maximum Gasteiger partial charge on any atom is 0.277 e. The summed E-state index contributed by atoms with van der Waals surface area (Å²) in [4.78, 5) is 41.3. The Morgan fingerprint density at radius 2 is 1.92 bits per heavy atom. The summed E-state index contributed by atoms with van der Waals surface area (Å²) in [6, 6.07) is 11.0. The lowest BCUT2D eigenvalue weighted by atomic mass is 10.3. The number of thiazole rings is 1. The minimum atomic E-state index is -0.375. The molecule has 1 aromatic carbocycles. The van der Waals surface area contributed by atoms with Gasteiger partial charge in [0.25, 0.3) is 11.8 Å². The Morgan fingerprint density at radius 3 is 2.54 bits per heavy atom. The minimum absolute atomic E-state index is 0.0163. The predicted molar refractivity (Wildman–Crippen MR) is 150 cm³/mol. The lowest BCUT2D eigenvalue weighted by Gasteiger charge is -2.18. The summed E-state index contributed by atoms with van der Waals surface area (Å²) in [5.74, 6) is 0.157. The van der Waals surface area contributed by atoms with Crippen molar-refractivity contribution in [3.8, 4) is 5.75 Å². The highest BCUT2D eigenvalue weighted by Crippen LogP contribution is 2.33. The number of anilines is 1. The first kappa shape index (κ1) is 28.2. The van der Waals surface area contributed by atoms with Gasteiger partial charge in [-0.1, -0.05) is 11.8 Å². The molecule has 2 aromatic heterocycles. The number of amides is 2. The number of nitrogens with one attached hydrogen (secondary N) is 2. The highest BCUT2D eigenvalue weighted by molar-refractivity contribution is 8.13. The number of hydrogen-bond donors (Lipinski definition) is 2. The zero-order chi connectivity index (χ0) is 26.6. The Kier molecular flexibility index (Phi) is 10.9. The second-order valence-electron chi connectivity index (χ2n) is 7.12. The van der Waals surface area contributed by atoms with Gasteiger partial charge in [-0.15, -0.1) is 11.3 Å². The Morgan fingerprint density at radius 1 is 1.16 bits per heavy atom. The van der Waals surface area contributed by atoms with Gasteiger partial charge in [-0.25, -0.2) is 9.97 Å². The van der Waals surface area contributed by atoms with Crippen LogP contribution in [0, 0.1) is 0 Å². The number of aliphatic imine (C=N–C) groups is 1. The van der Waals surface area contributed by atoms with E-state index in [1.54, 1.807) is 41.7 Å². The smallest absolute Gasteiger partial charge is 0.277 e. The summed E-state index contributed by atoms with van der Waals surface area (Å²) in [5, 5.41) is 9.74. The fourth-order valence-electron chi connectivity index (χ4n) is 3.00. The van der Waals surface area contributed by atoms with E-state index in [9.17, 15) is 9.59 Å². The van der Waals surface area contributed by atoms with Crippen molar-refractivity contribution >= 4 is 63.7 Å². The van der Waals surface area contributed by atoms with Gasteiger partial charge >= 0.3 is 0 Å². The molecule has 0 saturated heterocycles. The topological polar surface area (TPSA) is 121 Å². The quantitative estimate of drug-likeness (QED) is 0.153. The molecule has 13 heteroatoms. The van der Waals surface area contributed by atoms with Crippen molar-refractivity contribution in [2.75, 3.05) is 32.1 Å². The van der Waals surface area contributed by atoms with Crippen molar-refractivity contribution in [3.63, 3.8) is 0 Å². The van der Waals surface area contributed by atoms with Crippen LogP contribution < -0.4 is 15.5 Å². The second kappa shape index (κ2) is 14.4. The average Bonchev–Trinajstić information content (AvgIpc) is 3.42. The molecular formula is C24H27N7O3S3. The molecule has 0 spiro atoms. The van der Waals surface area contributed by atoms with Crippen molar-refractivity contribution in [2.45, 2.75) is 28.7 Å². The van der Waals surface area contributed by atoms with Crippen molar-refractivity contribution < 1.29 is 14.3 Å². The van der Waals surface area contributed by atoms with Gasteiger partial charge in [-0.2, -0.15) is 5.10 Å². The molecule has 0 aliphatic carbocycles. The summed E-state index contributed by atoms with van der Waals surface area (Å²) in [6.07, 6.45) is 1.62. The Hall–Kier alpha value is -3.42. The van der Waals surface area contributed by atoms with E-state index in [1.165, 1.54) is 34.9 Å².